The van der Waals surface area contributed by atoms with Crippen molar-refractivity contribution in [1.29, 1.82) is 0 Å². The Kier molecular flexibility index (Phi) is 4.06. The number of likely N-dealkylation sites (N-methyl/N-ethyl adjacent to an activating group) is 1. The van der Waals surface area contributed by atoms with Gasteiger partial charge in [0.2, 0.25) is 16.4 Å². The molecule has 0 aliphatic carbocycles. The molecule has 0 heterocycles. The van der Waals surface area contributed by atoms with Crippen molar-refractivity contribution in [1.82, 2.24) is 9.62 Å². The van der Waals surface area contributed by atoms with Gasteiger partial charge in [-0.2, -0.15) is 0 Å². The van der Waals surface area contributed by atoms with Crippen LogP contribution in [0.3, 0.4) is 0 Å². The predicted molar refractivity (Wildman–Crippen MR) is 41.5 cm³/mol. The largest absolute Gasteiger partial charge is 0.347 e. The summed E-state index contributed by atoms with van der Waals surface area (Å²) in [4.78, 5) is 11.4. The third-order valence-corrected chi connectivity index (χ3v) is 1.74. The Morgan fingerprint density at radius 3 is 2.45 bits per heavy atom. The third-order valence-electron chi connectivity index (χ3n) is 1.01. The number of amides is 1. The fraction of sp³-hybridized carbons (Fsp3) is 0.800. The van der Waals surface area contributed by atoms with E-state index >= 15 is 0 Å². The lowest BCUT2D eigenvalue weighted by molar-refractivity contribution is -0.116. The Hall–Kier alpha value is -0.620. The maximum atomic E-state index is 10.5. The van der Waals surface area contributed by atoms with Gasteiger partial charge in [0.05, 0.1) is 6.26 Å². The fourth-order valence-corrected chi connectivity index (χ4v) is 0.922. The Morgan fingerprint density at radius 2 is 2.09 bits per heavy atom. The lowest BCUT2D eigenvalue weighted by Crippen LogP contribution is -2.31. The summed E-state index contributed by atoms with van der Waals surface area (Å²) < 4.78 is 23.2. The average molecular weight is 180 g/mol. The molecule has 6 heteroatoms. The Morgan fingerprint density at radius 1 is 1.55 bits per heavy atom. The predicted octanol–water partition coefficient (Wildman–Crippen LogP) is -1.38. The summed E-state index contributed by atoms with van der Waals surface area (Å²) in [6.07, 6.45) is 1.72. The van der Waals surface area contributed by atoms with Crippen LogP contribution in [0.15, 0.2) is 0 Å². The Bertz CT molecular complexity index is 212. The minimum Gasteiger partial charge on any atom is -0.347 e. The normalized spacial score (nSPS) is 11.1. The van der Waals surface area contributed by atoms with Crippen molar-refractivity contribution in [3.63, 3.8) is 0 Å². The summed E-state index contributed by atoms with van der Waals surface area (Å²) in [5.41, 5.74) is 0. The van der Waals surface area contributed by atoms with Gasteiger partial charge in [0.15, 0.2) is 0 Å². The second-order valence-electron chi connectivity index (χ2n) is 2.25. The zero-order chi connectivity index (χ0) is 8.91. The number of hydrogen-bond acceptors (Lipinski definition) is 3. The first-order chi connectivity index (χ1) is 4.95. The number of nitrogens with zero attached hydrogens (tertiary/aromatic N) is 1. The number of nitrogens with one attached hydrogen (secondary N) is 1. The zero-order valence-electron chi connectivity index (χ0n) is 6.57. The molecule has 1 amide bonds. The standard InChI is InChI=1S/C5H12N2O3S/c1-7(5-8)4-3-6-11(2,9)10/h5-6H,3-4H2,1-2H3. The highest BCUT2D eigenvalue weighted by Gasteiger charge is 1.99. The van der Waals surface area contributed by atoms with Crippen LogP contribution >= 0.6 is 0 Å². The molecule has 0 saturated carbocycles. The molecule has 0 unspecified atom stereocenters. The van der Waals surface area contributed by atoms with Crippen molar-refractivity contribution >= 4 is 16.4 Å². The molecular formula is C5H12N2O3S. The summed E-state index contributed by atoms with van der Waals surface area (Å²) >= 11 is 0. The SMILES string of the molecule is CN(C=O)CCNS(C)(=O)=O. The first-order valence-electron chi connectivity index (χ1n) is 3.06. The van der Waals surface area contributed by atoms with E-state index in [9.17, 15) is 13.2 Å². The molecule has 0 radical (unpaired) electrons. The molecule has 0 saturated heterocycles. The number of carbonyl (C=O) groups excluding carboxylic acids is 1. The van der Waals surface area contributed by atoms with Crippen molar-refractivity contribution in [3.05, 3.63) is 0 Å². The van der Waals surface area contributed by atoms with E-state index < -0.39 is 10.0 Å². The van der Waals surface area contributed by atoms with E-state index in [0.717, 1.165) is 6.26 Å². The minimum atomic E-state index is -3.12. The molecule has 0 aromatic heterocycles. The Balaban J connectivity index is 3.51. The molecule has 11 heavy (non-hydrogen) atoms. The molecule has 0 rings (SSSR count). The van der Waals surface area contributed by atoms with Crippen LogP contribution in [0.4, 0.5) is 0 Å². The van der Waals surface area contributed by atoms with Crippen LogP contribution in [-0.4, -0.2) is 46.1 Å². The van der Waals surface area contributed by atoms with Crippen molar-refractivity contribution in [2.24, 2.45) is 0 Å². The lowest BCUT2D eigenvalue weighted by atomic mass is 10.6. The van der Waals surface area contributed by atoms with Gasteiger partial charge in [0, 0.05) is 20.1 Å². The molecule has 0 spiro atoms. The molecule has 0 aromatic rings. The second kappa shape index (κ2) is 4.30. The molecule has 0 bridgehead atoms. The first-order valence-corrected chi connectivity index (χ1v) is 4.95. The fourth-order valence-electron chi connectivity index (χ4n) is 0.460. The van der Waals surface area contributed by atoms with Gasteiger partial charge in [0.25, 0.3) is 0 Å². The van der Waals surface area contributed by atoms with E-state index in [-0.39, 0.29) is 6.54 Å². The van der Waals surface area contributed by atoms with Gasteiger partial charge in [-0.25, -0.2) is 13.1 Å². The summed E-state index contributed by atoms with van der Waals surface area (Å²) in [5.74, 6) is 0. The monoisotopic (exact) mass is 180 g/mol. The summed E-state index contributed by atoms with van der Waals surface area (Å²) in [5, 5.41) is 0. The van der Waals surface area contributed by atoms with Gasteiger partial charge in [-0.1, -0.05) is 0 Å². The van der Waals surface area contributed by atoms with Gasteiger partial charge in [-0.15, -0.1) is 0 Å². The smallest absolute Gasteiger partial charge is 0.209 e. The van der Waals surface area contributed by atoms with Gasteiger partial charge >= 0.3 is 0 Å². The van der Waals surface area contributed by atoms with Gasteiger partial charge in [0.1, 0.15) is 0 Å². The van der Waals surface area contributed by atoms with Crippen LogP contribution in [0.1, 0.15) is 0 Å². The van der Waals surface area contributed by atoms with E-state index in [4.69, 9.17) is 0 Å². The number of hydrogen-bond donors (Lipinski definition) is 1. The van der Waals surface area contributed by atoms with E-state index in [1.807, 2.05) is 0 Å². The maximum Gasteiger partial charge on any atom is 0.209 e. The molecule has 66 valence electrons. The van der Waals surface area contributed by atoms with Gasteiger partial charge in [-0.3, -0.25) is 4.79 Å². The van der Waals surface area contributed by atoms with E-state index in [0.29, 0.717) is 13.0 Å². The number of sulfonamides is 1. The van der Waals surface area contributed by atoms with Crippen LogP contribution in [0, 0.1) is 0 Å². The van der Waals surface area contributed by atoms with E-state index in [2.05, 4.69) is 4.72 Å². The first kappa shape index (κ1) is 10.4. The van der Waals surface area contributed by atoms with E-state index in [1.54, 1.807) is 7.05 Å². The van der Waals surface area contributed by atoms with Crippen LogP contribution < -0.4 is 4.72 Å². The third kappa shape index (κ3) is 7.27. The van der Waals surface area contributed by atoms with Crippen molar-refractivity contribution in [3.8, 4) is 0 Å². The molecule has 0 aliphatic heterocycles. The van der Waals surface area contributed by atoms with E-state index in [1.165, 1.54) is 4.90 Å². The maximum absolute atomic E-state index is 10.5. The van der Waals surface area contributed by atoms with Crippen LogP contribution in [-0.2, 0) is 14.8 Å². The van der Waals surface area contributed by atoms with Crippen LogP contribution in [0.25, 0.3) is 0 Å². The highest BCUT2D eigenvalue weighted by molar-refractivity contribution is 7.88. The summed E-state index contributed by atoms with van der Waals surface area (Å²) in [6, 6.07) is 0. The van der Waals surface area contributed by atoms with Gasteiger partial charge < -0.3 is 4.90 Å². The highest BCUT2D eigenvalue weighted by atomic mass is 32.2. The van der Waals surface area contributed by atoms with Crippen LogP contribution in [0.5, 0.6) is 0 Å². The summed E-state index contributed by atoms with van der Waals surface area (Å²) in [6.45, 7) is 0.643. The molecule has 0 atom stereocenters. The van der Waals surface area contributed by atoms with Crippen molar-refractivity contribution < 1.29 is 13.2 Å². The summed E-state index contributed by atoms with van der Waals surface area (Å²) in [7, 11) is -1.54. The van der Waals surface area contributed by atoms with Gasteiger partial charge in [-0.05, 0) is 0 Å². The highest BCUT2D eigenvalue weighted by Crippen LogP contribution is 1.75. The molecule has 0 aliphatic rings. The quantitative estimate of drug-likeness (QED) is 0.530. The van der Waals surface area contributed by atoms with Crippen LogP contribution in [0.2, 0.25) is 0 Å². The zero-order valence-corrected chi connectivity index (χ0v) is 7.39. The lowest BCUT2D eigenvalue weighted by Gasteiger charge is -2.09. The Labute approximate surface area is 66.4 Å². The molecular weight excluding hydrogens is 168 g/mol. The second-order valence-corrected chi connectivity index (χ2v) is 4.09. The topological polar surface area (TPSA) is 66.5 Å². The van der Waals surface area contributed by atoms with Crippen molar-refractivity contribution in [2.75, 3.05) is 26.4 Å². The van der Waals surface area contributed by atoms with Crippen molar-refractivity contribution in [2.45, 2.75) is 0 Å². The molecule has 1 N–H and O–H groups in total. The number of rotatable bonds is 5. The molecule has 0 fully saturated rings. The molecule has 5 nitrogen and oxygen atoms in total. The number of carbonyl (C=O) groups is 1. The minimum absolute atomic E-state index is 0.258. The average Bonchev–Trinajstić information content (AvgIpc) is 1.85. The molecule has 0 aromatic carbocycles.